The third-order valence-corrected chi connectivity index (χ3v) is 3.04. The van der Waals surface area contributed by atoms with Crippen LogP contribution in [0.25, 0.3) is 0 Å². The zero-order valence-electron chi connectivity index (χ0n) is 12.1. The molecule has 0 aliphatic rings. The number of benzene rings is 1. The molecule has 2 nitrogen and oxygen atoms in total. The Morgan fingerprint density at radius 3 is 2.58 bits per heavy atom. The summed E-state index contributed by atoms with van der Waals surface area (Å²) in [5.74, 6) is 0.0165. The van der Waals surface area contributed by atoms with E-state index in [1.54, 1.807) is 0 Å². The number of rotatable bonds is 8. The summed E-state index contributed by atoms with van der Waals surface area (Å²) in [5.41, 5.74) is 0.730. The maximum absolute atomic E-state index is 12.1. The van der Waals surface area contributed by atoms with E-state index in [0.717, 1.165) is 37.7 Å². The van der Waals surface area contributed by atoms with Crippen LogP contribution in [0.5, 0.6) is 0 Å². The fourth-order valence-corrected chi connectivity index (χ4v) is 1.91. The molecular weight excluding hydrogens is 234 g/mol. The van der Waals surface area contributed by atoms with Crippen LogP contribution >= 0.6 is 0 Å². The molecular formula is C17H25NO. The Balaban J connectivity index is 2.58. The minimum Gasteiger partial charge on any atom is -0.346 e. The lowest BCUT2D eigenvalue weighted by Crippen LogP contribution is -2.33. The van der Waals surface area contributed by atoms with Gasteiger partial charge in [-0.15, -0.1) is 0 Å². The Labute approximate surface area is 116 Å². The van der Waals surface area contributed by atoms with E-state index in [4.69, 9.17) is 0 Å². The molecule has 1 aromatic carbocycles. The summed E-state index contributed by atoms with van der Waals surface area (Å²) in [5, 5.41) is 3.10. The van der Waals surface area contributed by atoms with Crippen LogP contribution in [0.2, 0.25) is 0 Å². The summed E-state index contributed by atoms with van der Waals surface area (Å²) in [6, 6.07) is 9.56. The van der Waals surface area contributed by atoms with Gasteiger partial charge in [-0.25, -0.2) is 0 Å². The van der Waals surface area contributed by atoms with E-state index in [-0.39, 0.29) is 11.9 Å². The van der Waals surface area contributed by atoms with Gasteiger partial charge in [0.1, 0.15) is 0 Å². The molecule has 1 atom stereocenters. The summed E-state index contributed by atoms with van der Waals surface area (Å²) in [4.78, 5) is 12.1. The summed E-state index contributed by atoms with van der Waals surface area (Å²) >= 11 is 0. The van der Waals surface area contributed by atoms with Crippen LogP contribution in [-0.2, 0) is 0 Å². The molecule has 0 spiro atoms. The quantitative estimate of drug-likeness (QED) is 0.692. The topological polar surface area (TPSA) is 29.1 Å². The maximum atomic E-state index is 12.1. The van der Waals surface area contributed by atoms with E-state index in [0.29, 0.717) is 0 Å². The zero-order valence-corrected chi connectivity index (χ0v) is 12.1. The van der Waals surface area contributed by atoms with Gasteiger partial charge in [0.2, 0.25) is 0 Å². The van der Waals surface area contributed by atoms with Crippen molar-refractivity contribution in [1.29, 1.82) is 0 Å². The number of allylic oxidation sites excluding steroid dienone is 1. The number of carbonyl (C=O) groups excluding carboxylic acids is 1. The molecule has 0 saturated carbocycles. The minimum absolute atomic E-state index is 0.0165. The second-order valence-corrected chi connectivity index (χ2v) is 4.81. The lowest BCUT2D eigenvalue weighted by molar-refractivity contribution is 0.0942. The predicted molar refractivity (Wildman–Crippen MR) is 81.3 cm³/mol. The van der Waals surface area contributed by atoms with Gasteiger partial charge in [0.15, 0.2) is 0 Å². The zero-order chi connectivity index (χ0) is 13.9. The van der Waals surface area contributed by atoms with Crippen molar-refractivity contribution in [2.45, 2.75) is 52.0 Å². The average molecular weight is 259 g/mol. The molecule has 0 aliphatic heterocycles. The summed E-state index contributed by atoms with van der Waals surface area (Å²) < 4.78 is 0. The summed E-state index contributed by atoms with van der Waals surface area (Å²) in [7, 11) is 0. The van der Waals surface area contributed by atoms with Gasteiger partial charge in [-0.2, -0.15) is 0 Å². The smallest absolute Gasteiger partial charge is 0.251 e. The van der Waals surface area contributed by atoms with Gasteiger partial charge < -0.3 is 5.32 Å². The van der Waals surface area contributed by atoms with Crippen LogP contribution in [0.1, 0.15) is 56.3 Å². The first kappa shape index (κ1) is 15.5. The first-order chi connectivity index (χ1) is 9.27. The summed E-state index contributed by atoms with van der Waals surface area (Å²) in [6.07, 6.45) is 9.82. The fraction of sp³-hybridized carbons (Fsp3) is 0.471. The van der Waals surface area contributed by atoms with E-state index in [2.05, 4.69) is 31.3 Å². The molecule has 1 N–H and O–H groups in total. The van der Waals surface area contributed by atoms with E-state index >= 15 is 0 Å². The van der Waals surface area contributed by atoms with Gasteiger partial charge in [0.25, 0.3) is 5.91 Å². The molecule has 0 bridgehead atoms. The highest BCUT2D eigenvalue weighted by Gasteiger charge is 2.10. The van der Waals surface area contributed by atoms with Crippen molar-refractivity contribution in [2.75, 3.05) is 0 Å². The maximum Gasteiger partial charge on any atom is 0.251 e. The highest BCUT2D eigenvalue weighted by atomic mass is 16.1. The fourth-order valence-electron chi connectivity index (χ4n) is 1.91. The SMILES string of the molecule is CCC/C=C/[C@@H](CCCC)NC(=O)c1ccccc1. The van der Waals surface area contributed by atoms with Crippen molar-refractivity contribution < 1.29 is 4.79 Å². The van der Waals surface area contributed by atoms with Crippen molar-refractivity contribution in [3.63, 3.8) is 0 Å². The first-order valence-corrected chi connectivity index (χ1v) is 7.30. The second kappa shape index (κ2) is 9.37. The molecule has 0 radical (unpaired) electrons. The Bertz CT molecular complexity index is 384. The molecule has 0 aromatic heterocycles. The molecule has 1 amide bonds. The molecule has 0 saturated heterocycles. The van der Waals surface area contributed by atoms with Crippen LogP contribution in [0, 0.1) is 0 Å². The Morgan fingerprint density at radius 1 is 1.21 bits per heavy atom. The Morgan fingerprint density at radius 2 is 1.95 bits per heavy atom. The normalized spacial score (nSPS) is 12.5. The number of amides is 1. The van der Waals surface area contributed by atoms with Crippen molar-refractivity contribution >= 4 is 5.91 Å². The van der Waals surface area contributed by atoms with Gasteiger partial charge in [0, 0.05) is 11.6 Å². The first-order valence-electron chi connectivity index (χ1n) is 7.30. The lowest BCUT2D eigenvalue weighted by atomic mass is 10.1. The highest BCUT2D eigenvalue weighted by molar-refractivity contribution is 5.94. The van der Waals surface area contributed by atoms with Gasteiger partial charge in [-0.05, 0) is 25.0 Å². The van der Waals surface area contributed by atoms with E-state index in [1.807, 2.05) is 30.3 Å². The predicted octanol–water partition coefficient (Wildman–Crippen LogP) is 4.33. The number of hydrogen-bond donors (Lipinski definition) is 1. The third-order valence-electron chi connectivity index (χ3n) is 3.04. The van der Waals surface area contributed by atoms with Gasteiger partial charge in [0.05, 0.1) is 0 Å². The van der Waals surface area contributed by atoms with E-state index < -0.39 is 0 Å². The summed E-state index contributed by atoms with van der Waals surface area (Å²) in [6.45, 7) is 4.33. The number of unbranched alkanes of at least 4 members (excludes halogenated alkanes) is 2. The molecule has 1 aromatic rings. The van der Waals surface area contributed by atoms with Gasteiger partial charge in [-0.1, -0.05) is 63.5 Å². The standard InChI is InChI=1S/C17H25NO/c1-3-5-8-14-16(13-6-4-2)18-17(19)15-11-9-7-10-12-15/h7-12,14,16H,3-6,13H2,1-2H3,(H,18,19)/b14-8+/t16-/m1/s1. The minimum atomic E-state index is 0.0165. The van der Waals surface area contributed by atoms with Crippen LogP contribution in [0.3, 0.4) is 0 Å². The van der Waals surface area contributed by atoms with E-state index in [1.165, 1.54) is 0 Å². The molecule has 0 unspecified atom stereocenters. The largest absolute Gasteiger partial charge is 0.346 e. The van der Waals surface area contributed by atoms with Crippen LogP contribution < -0.4 is 5.32 Å². The number of carbonyl (C=O) groups is 1. The van der Waals surface area contributed by atoms with Crippen LogP contribution in [0.15, 0.2) is 42.5 Å². The van der Waals surface area contributed by atoms with Crippen molar-refractivity contribution in [2.24, 2.45) is 0 Å². The average Bonchev–Trinajstić information content (AvgIpc) is 2.45. The molecule has 0 heterocycles. The highest BCUT2D eigenvalue weighted by Crippen LogP contribution is 2.06. The molecule has 1 rings (SSSR count). The van der Waals surface area contributed by atoms with Crippen molar-refractivity contribution in [3.05, 3.63) is 48.0 Å². The third kappa shape index (κ3) is 6.23. The second-order valence-electron chi connectivity index (χ2n) is 4.81. The number of hydrogen-bond acceptors (Lipinski definition) is 1. The van der Waals surface area contributed by atoms with Gasteiger partial charge in [-0.3, -0.25) is 4.79 Å². The number of nitrogens with one attached hydrogen (secondary N) is 1. The molecule has 2 heteroatoms. The monoisotopic (exact) mass is 259 g/mol. The van der Waals surface area contributed by atoms with Crippen LogP contribution in [0.4, 0.5) is 0 Å². The Hall–Kier alpha value is -1.57. The van der Waals surface area contributed by atoms with Crippen molar-refractivity contribution in [1.82, 2.24) is 5.32 Å². The van der Waals surface area contributed by atoms with Crippen molar-refractivity contribution in [3.8, 4) is 0 Å². The molecule has 19 heavy (non-hydrogen) atoms. The molecule has 104 valence electrons. The van der Waals surface area contributed by atoms with E-state index in [9.17, 15) is 4.79 Å². The Kier molecular flexibility index (Phi) is 7.64. The lowest BCUT2D eigenvalue weighted by Gasteiger charge is -2.15. The molecule has 0 fully saturated rings. The van der Waals surface area contributed by atoms with Crippen LogP contribution in [-0.4, -0.2) is 11.9 Å². The molecule has 0 aliphatic carbocycles. The van der Waals surface area contributed by atoms with Gasteiger partial charge >= 0.3 is 0 Å².